The first-order valence-corrected chi connectivity index (χ1v) is 8.74. The van der Waals surface area contributed by atoms with E-state index < -0.39 is 0 Å². The highest BCUT2D eigenvalue weighted by Crippen LogP contribution is 2.28. The third kappa shape index (κ3) is 3.88. The molecule has 1 atom stereocenters. The van der Waals surface area contributed by atoms with Crippen LogP contribution in [0, 0.1) is 13.8 Å². The molecule has 1 amide bonds. The third-order valence-corrected chi connectivity index (χ3v) is 4.81. The van der Waals surface area contributed by atoms with Gasteiger partial charge in [0.2, 0.25) is 5.91 Å². The van der Waals surface area contributed by atoms with Gasteiger partial charge in [-0.05, 0) is 20.3 Å². The standard InChI is InChI=1S/C16H21N5O2S/c1-10-9-24-16(17-10)20-14-6-13(18-11(2)19-14)12-4-5-21(7-12)15(22)8-23-3/h6,9,12H,4-5,7-8H2,1-3H3,(H,17,18,19,20)/t12-/m0/s1. The Morgan fingerprint density at radius 3 is 2.96 bits per heavy atom. The summed E-state index contributed by atoms with van der Waals surface area (Å²) in [7, 11) is 1.54. The maximum atomic E-state index is 11.9. The van der Waals surface area contributed by atoms with Gasteiger partial charge in [-0.25, -0.2) is 15.0 Å². The van der Waals surface area contributed by atoms with Gasteiger partial charge in [0.25, 0.3) is 0 Å². The predicted octanol–water partition coefficient (Wildman–Crippen LogP) is 2.26. The fraction of sp³-hybridized carbons (Fsp3) is 0.500. The number of nitrogens with zero attached hydrogens (tertiary/aromatic N) is 4. The van der Waals surface area contributed by atoms with Crippen molar-refractivity contribution < 1.29 is 9.53 Å². The van der Waals surface area contributed by atoms with Gasteiger partial charge in [0.05, 0.1) is 11.4 Å². The number of methoxy groups -OCH3 is 1. The first-order chi connectivity index (χ1) is 11.5. The molecule has 0 spiro atoms. The molecule has 3 heterocycles. The first kappa shape index (κ1) is 16.8. The van der Waals surface area contributed by atoms with E-state index in [1.54, 1.807) is 11.3 Å². The highest BCUT2D eigenvalue weighted by atomic mass is 32.1. The van der Waals surface area contributed by atoms with Gasteiger partial charge in [0.15, 0.2) is 5.13 Å². The molecule has 1 aliphatic heterocycles. The van der Waals surface area contributed by atoms with Gasteiger partial charge in [-0.3, -0.25) is 4.79 Å². The van der Waals surface area contributed by atoms with Crippen molar-refractivity contribution in [1.82, 2.24) is 19.9 Å². The number of amides is 1. The molecule has 0 aromatic carbocycles. The van der Waals surface area contributed by atoms with Gasteiger partial charge < -0.3 is 15.0 Å². The van der Waals surface area contributed by atoms with Crippen LogP contribution in [0.1, 0.15) is 29.6 Å². The average Bonchev–Trinajstić information content (AvgIpc) is 3.16. The van der Waals surface area contributed by atoms with Crippen LogP contribution in [0.2, 0.25) is 0 Å². The largest absolute Gasteiger partial charge is 0.375 e. The van der Waals surface area contributed by atoms with Crippen molar-refractivity contribution in [3.63, 3.8) is 0 Å². The molecular formula is C16H21N5O2S. The lowest BCUT2D eigenvalue weighted by atomic mass is 10.0. The van der Waals surface area contributed by atoms with Crippen molar-refractivity contribution in [2.45, 2.75) is 26.2 Å². The number of carbonyl (C=O) groups is 1. The van der Waals surface area contributed by atoms with Crippen LogP contribution in [0.4, 0.5) is 10.9 Å². The van der Waals surface area contributed by atoms with E-state index in [1.165, 1.54) is 7.11 Å². The van der Waals surface area contributed by atoms with E-state index in [2.05, 4.69) is 20.3 Å². The summed E-state index contributed by atoms with van der Waals surface area (Å²) in [4.78, 5) is 27.2. The quantitative estimate of drug-likeness (QED) is 0.893. The molecule has 24 heavy (non-hydrogen) atoms. The van der Waals surface area contributed by atoms with Crippen molar-refractivity contribution in [1.29, 1.82) is 0 Å². The van der Waals surface area contributed by atoms with Gasteiger partial charge in [-0.2, -0.15) is 0 Å². The van der Waals surface area contributed by atoms with Gasteiger partial charge in [0, 0.05) is 37.6 Å². The number of ether oxygens (including phenoxy) is 1. The van der Waals surface area contributed by atoms with E-state index in [-0.39, 0.29) is 18.4 Å². The Balaban J connectivity index is 1.73. The Kier molecular flexibility index (Phi) is 5.06. The lowest BCUT2D eigenvalue weighted by molar-refractivity contribution is -0.134. The monoisotopic (exact) mass is 347 g/mol. The van der Waals surface area contributed by atoms with Crippen LogP contribution in [0.3, 0.4) is 0 Å². The van der Waals surface area contributed by atoms with Crippen molar-refractivity contribution in [2.24, 2.45) is 0 Å². The van der Waals surface area contributed by atoms with E-state index in [1.807, 2.05) is 30.2 Å². The molecule has 1 fully saturated rings. The third-order valence-electron chi connectivity index (χ3n) is 3.94. The molecule has 1 saturated heterocycles. The first-order valence-electron chi connectivity index (χ1n) is 7.86. The molecule has 0 unspecified atom stereocenters. The second-order valence-corrected chi connectivity index (χ2v) is 6.76. The molecule has 0 saturated carbocycles. The van der Waals surface area contributed by atoms with E-state index in [0.29, 0.717) is 12.4 Å². The Bertz CT molecular complexity index is 733. The summed E-state index contributed by atoms with van der Waals surface area (Å²) in [6.07, 6.45) is 0.904. The Morgan fingerprint density at radius 2 is 2.25 bits per heavy atom. The summed E-state index contributed by atoms with van der Waals surface area (Å²) >= 11 is 1.55. The molecule has 8 heteroatoms. The number of hydrogen-bond donors (Lipinski definition) is 1. The molecular weight excluding hydrogens is 326 g/mol. The summed E-state index contributed by atoms with van der Waals surface area (Å²) in [6, 6.07) is 1.96. The van der Waals surface area contributed by atoms with E-state index in [9.17, 15) is 4.79 Å². The molecule has 7 nitrogen and oxygen atoms in total. The number of carbonyl (C=O) groups excluding carboxylic acids is 1. The number of aromatic nitrogens is 3. The Labute approximate surface area is 145 Å². The lowest BCUT2D eigenvalue weighted by Gasteiger charge is -2.16. The molecule has 1 aliphatic rings. The molecule has 1 N–H and O–H groups in total. The second kappa shape index (κ2) is 7.23. The van der Waals surface area contributed by atoms with Crippen molar-refractivity contribution in [3.05, 3.63) is 28.7 Å². The van der Waals surface area contributed by atoms with E-state index in [4.69, 9.17) is 4.74 Å². The lowest BCUT2D eigenvalue weighted by Crippen LogP contribution is -2.31. The van der Waals surface area contributed by atoms with E-state index in [0.717, 1.165) is 35.3 Å². The molecule has 2 aromatic rings. The number of nitrogens with one attached hydrogen (secondary N) is 1. The molecule has 0 aliphatic carbocycles. The number of likely N-dealkylation sites (tertiary alicyclic amines) is 1. The number of rotatable bonds is 5. The van der Waals surface area contributed by atoms with E-state index >= 15 is 0 Å². The van der Waals surface area contributed by atoms with Crippen LogP contribution < -0.4 is 5.32 Å². The van der Waals surface area contributed by atoms with Crippen LogP contribution in [-0.4, -0.2) is 52.6 Å². The zero-order chi connectivity index (χ0) is 17.1. The van der Waals surface area contributed by atoms with Crippen LogP contribution in [0.15, 0.2) is 11.4 Å². The fourth-order valence-electron chi connectivity index (χ4n) is 2.83. The number of anilines is 2. The minimum Gasteiger partial charge on any atom is -0.375 e. The predicted molar refractivity (Wildman–Crippen MR) is 92.7 cm³/mol. The van der Waals surface area contributed by atoms with Crippen LogP contribution in [0.25, 0.3) is 0 Å². The van der Waals surface area contributed by atoms with Crippen LogP contribution >= 0.6 is 11.3 Å². The minimum absolute atomic E-state index is 0.0300. The minimum atomic E-state index is 0.0300. The molecule has 0 radical (unpaired) electrons. The molecule has 2 aromatic heterocycles. The topological polar surface area (TPSA) is 80.2 Å². The highest BCUT2D eigenvalue weighted by molar-refractivity contribution is 7.13. The molecule has 128 valence electrons. The summed E-state index contributed by atoms with van der Waals surface area (Å²) in [5.74, 6) is 1.71. The summed E-state index contributed by atoms with van der Waals surface area (Å²) < 4.78 is 4.93. The summed E-state index contributed by atoms with van der Waals surface area (Å²) in [5, 5.41) is 6.05. The van der Waals surface area contributed by atoms with Gasteiger partial charge in [-0.15, -0.1) is 11.3 Å². The van der Waals surface area contributed by atoms with Crippen molar-refractivity contribution in [3.8, 4) is 0 Å². The van der Waals surface area contributed by atoms with Crippen molar-refractivity contribution >= 4 is 28.2 Å². The Morgan fingerprint density at radius 1 is 1.42 bits per heavy atom. The number of hydrogen-bond acceptors (Lipinski definition) is 7. The number of thiazole rings is 1. The second-order valence-electron chi connectivity index (χ2n) is 5.90. The van der Waals surface area contributed by atoms with Crippen LogP contribution in [-0.2, 0) is 9.53 Å². The van der Waals surface area contributed by atoms with Crippen molar-refractivity contribution in [2.75, 3.05) is 32.1 Å². The van der Waals surface area contributed by atoms with Crippen LogP contribution in [0.5, 0.6) is 0 Å². The smallest absolute Gasteiger partial charge is 0.248 e. The zero-order valence-corrected chi connectivity index (χ0v) is 14.9. The zero-order valence-electron chi connectivity index (χ0n) is 14.1. The highest BCUT2D eigenvalue weighted by Gasteiger charge is 2.28. The fourth-order valence-corrected chi connectivity index (χ4v) is 3.52. The average molecular weight is 347 g/mol. The van der Waals surface area contributed by atoms with Gasteiger partial charge >= 0.3 is 0 Å². The van der Waals surface area contributed by atoms with Gasteiger partial charge in [-0.1, -0.05) is 0 Å². The molecule has 0 bridgehead atoms. The molecule has 3 rings (SSSR count). The normalized spacial score (nSPS) is 17.3. The maximum Gasteiger partial charge on any atom is 0.248 e. The summed E-state index contributed by atoms with van der Waals surface area (Å²) in [6.45, 7) is 5.39. The number of aryl methyl sites for hydroxylation is 2. The SMILES string of the molecule is COCC(=O)N1CC[C@H](c2cc(Nc3nc(C)cs3)nc(C)n2)C1. The maximum absolute atomic E-state index is 11.9. The summed E-state index contributed by atoms with van der Waals surface area (Å²) in [5.41, 5.74) is 1.95. The Hall–Kier alpha value is -2.06. The van der Waals surface area contributed by atoms with Gasteiger partial charge in [0.1, 0.15) is 18.2 Å².